The number of hydrogen-bond acceptors (Lipinski definition) is 0. The lowest BCUT2D eigenvalue weighted by atomic mass is 10.2. The van der Waals surface area contributed by atoms with Crippen molar-refractivity contribution in [1.29, 1.82) is 0 Å². The fraction of sp³-hybridized carbons (Fsp3) is 0.556. The summed E-state index contributed by atoms with van der Waals surface area (Å²) in [5.41, 5.74) is 0.743. The van der Waals surface area contributed by atoms with Crippen LogP contribution in [-0.4, -0.2) is 0 Å². The lowest BCUT2D eigenvalue weighted by molar-refractivity contribution is 0.653. The van der Waals surface area contributed by atoms with E-state index in [1.54, 1.807) is 19.9 Å². The van der Waals surface area contributed by atoms with Gasteiger partial charge in [-0.05, 0) is 31.9 Å². The van der Waals surface area contributed by atoms with Gasteiger partial charge in [0.25, 0.3) is 0 Å². The van der Waals surface area contributed by atoms with Crippen molar-refractivity contribution in [2.45, 2.75) is 33.6 Å². The summed E-state index contributed by atoms with van der Waals surface area (Å²) in [6.45, 7) is 5.61. The van der Waals surface area contributed by atoms with Crippen LogP contribution in [0.1, 0.15) is 33.6 Å². The highest BCUT2D eigenvalue weighted by Crippen LogP contribution is 2.06. The molecule has 0 aliphatic rings. The van der Waals surface area contributed by atoms with Gasteiger partial charge in [-0.25, -0.2) is 4.39 Å². The second-order valence-electron chi connectivity index (χ2n) is 2.54. The lowest BCUT2D eigenvalue weighted by Gasteiger charge is -1.89. The summed E-state index contributed by atoms with van der Waals surface area (Å²) in [4.78, 5) is 0. The van der Waals surface area contributed by atoms with E-state index in [4.69, 9.17) is 0 Å². The predicted octanol–water partition coefficient (Wildman–Crippen LogP) is 3.61. The highest BCUT2D eigenvalue weighted by atomic mass is 19.1. The first-order valence-electron chi connectivity index (χ1n) is 3.68. The van der Waals surface area contributed by atoms with Gasteiger partial charge in [-0.15, -0.1) is 0 Å². The third-order valence-electron chi connectivity index (χ3n) is 1.20. The van der Waals surface area contributed by atoms with Crippen molar-refractivity contribution in [2.75, 3.05) is 0 Å². The number of allylic oxidation sites excluding steroid dienone is 4. The largest absolute Gasteiger partial charge is 0.207 e. The molecule has 0 aromatic heterocycles. The van der Waals surface area contributed by atoms with Crippen LogP contribution in [0.5, 0.6) is 0 Å². The molecule has 58 valence electrons. The third-order valence-corrected chi connectivity index (χ3v) is 1.20. The topological polar surface area (TPSA) is 0 Å². The van der Waals surface area contributed by atoms with Crippen LogP contribution in [0.2, 0.25) is 0 Å². The molecule has 0 rings (SSSR count). The predicted molar refractivity (Wildman–Crippen MR) is 43.5 cm³/mol. The molecule has 0 amide bonds. The molecule has 0 atom stereocenters. The molecule has 0 aromatic carbocycles. The second-order valence-corrected chi connectivity index (χ2v) is 2.54. The van der Waals surface area contributed by atoms with Crippen molar-refractivity contribution in [2.24, 2.45) is 0 Å². The molecule has 0 saturated carbocycles. The third kappa shape index (κ3) is 4.30. The van der Waals surface area contributed by atoms with Gasteiger partial charge in [0.1, 0.15) is 5.83 Å². The van der Waals surface area contributed by atoms with Crippen LogP contribution in [-0.2, 0) is 0 Å². The number of halogens is 1. The zero-order valence-electron chi connectivity index (χ0n) is 6.95. The van der Waals surface area contributed by atoms with Gasteiger partial charge >= 0.3 is 0 Å². The molecule has 0 saturated heterocycles. The minimum Gasteiger partial charge on any atom is -0.207 e. The number of hydrogen-bond donors (Lipinski definition) is 0. The summed E-state index contributed by atoms with van der Waals surface area (Å²) in [7, 11) is 0. The van der Waals surface area contributed by atoms with Crippen molar-refractivity contribution in [3.8, 4) is 0 Å². The first kappa shape index (κ1) is 9.41. The maximum atomic E-state index is 12.6. The average Bonchev–Trinajstić information content (AvgIpc) is 1.88. The zero-order valence-corrected chi connectivity index (χ0v) is 6.95. The molecule has 0 nitrogen and oxygen atoms in total. The minimum absolute atomic E-state index is 0.103. The fourth-order valence-corrected chi connectivity index (χ4v) is 0.520. The molecule has 0 aliphatic heterocycles. The van der Waals surface area contributed by atoms with Crippen LogP contribution < -0.4 is 0 Å². The van der Waals surface area contributed by atoms with Gasteiger partial charge in [-0.2, -0.15) is 0 Å². The van der Waals surface area contributed by atoms with E-state index in [-0.39, 0.29) is 5.83 Å². The SMILES string of the molecule is CCC/C=C\C(F)=C(C)C. The van der Waals surface area contributed by atoms with Crippen LogP contribution in [0.25, 0.3) is 0 Å². The van der Waals surface area contributed by atoms with E-state index in [1.165, 1.54) is 0 Å². The molecule has 0 unspecified atom stereocenters. The molecule has 10 heavy (non-hydrogen) atoms. The first-order chi connectivity index (χ1) is 4.68. The molecule has 0 fully saturated rings. The Morgan fingerprint density at radius 3 is 2.40 bits per heavy atom. The van der Waals surface area contributed by atoms with Gasteiger partial charge in [-0.3, -0.25) is 0 Å². The van der Waals surface area contributed by atoms with Gasteiger partial charge < -0.3 is 0 Å². The number of unbranched alkanes of at least 4 members (excludes halogenated alkanes) is 1. The van der Waals surface area contributed by atoms with Gasteiger partial charge in [0, 0.05) is 0 Å². The Hall–Kier alpha value is -0.590. The van der Waals surface area contributed by atoms with E-state index in [1.807, 2.05) is 6.08 Å². The summed E-state index contributed by atoms with van der Waals surface area (Å²) in [6.07, 6.45) is 5.44. The molecule has 0 aliphatic carbocycles. The standard InChI is InChI=1S/C9H15F/c1-4-5-6-7-9(10)8(2)3/h6-7H,4-5H2,1-3H3/b7-6-. The Morgan fingerprint density at radius 1 is 1.40 bits per heavy atom. The van der Waals surface area contributed by atoms with E-state index in [2.05, 4.69) is 6.92 Å². The lowest BCUT2D eigenvalue weighted by Crippen LogP contribution is -1.71. The van der Waals surface area contributed by atoms with E-state index in [0.717, 1.165) is 18.4 Å². The fourth-order valence-electron chi connectivity index (χ4n) is 0.520. The zero-order chi connectivity index (χ0) is 7.98. The quantitative estimate of drug-likeness (QED) is 0.528. The Labute approximate surface area is 62.4 Å². The summed E-state index contributed by atoms with van der Waals surface area (Å²) in [5, 5.41) is 0. The smallest absolute Gasteiger partial charge is 0.121 e. The van der Waals surface area contributed by atoms with E-state index >= 15 is 0 Å². The van der Waals surface area contributed by atoms with Crippen LogP contribution in [0.3, 0.4) is 0 Å². The summed E-state index contributed by atoms with van der Waals surface area (Å²) in [5.74, 6) is -0.103. The Kier molecular flexibility index (Phi) is 4.91. The van der Waals surface area contributed by atoms with Crippen molar-refractivity contribution in [3.63, 3.8) is 0 Å². The van der Waals surface area contributed by atoms with Crippen LogP contribution in [0.15, 0.2) is 23.6 Å². The Balaban J connectivity index is 3.78. The van der Waals surface area contributed by atoms with Gasteiger partial charge in [0.05, 0.1) is 0 Å². The normalized spacial score (nSPS) is 10.4. The van der Waals surface area contributed by atoms with Crippen molar-refractivity contribution < 1.29 is 4.39 Å². The molecule has 0 bridgehead atoms. The molecule has 0 spiro atoms. The Bertz CT molecular complexity index is 139. The van der Waals surface area contributed by atoms with Crippen LogP contribution in [0, 0.1) is 0 Å². The molecular weight excluding hydrogens is 127 g/mol. The summed E-state index contributed by atoms with van der Waals surface area (Å²) < 4.78 is 12.6. The van der Waals surface area contributed by atoms with Crippen LogP contribution in [0.4, 0.5) is 4.39 Å². The monoisotopic (exact) mass is 142 g/mol. The first-order valence-corrected chi connectivity index (χ1v) is 3.68. The minimum atomic E-state index is -0.103. The highest BCUT2D eigenvalue weighted by Gasteiger charge is 1.88. The van der Waals surface area contributed by atoms with E-state index < -0.39 is 0 Å². The molecular formula is C9H15F. The van der Waals surface area contributed by atoms with E-state index in [9.17, 15) is 4.39 Å². The molecule has 0 N–H and O–H groups in total. The summed E-state index contributed by atoms with van der Waals surface area (Å²) in [6, 6.07) is 0. The van der Waals surface area contributed by atoms with E-state index in [0.29, 0.717) is 0 Å². The van der Waals surface area contributed by atoms with Crippen molar-refractivity contribution >= 4 is 0 Å². The highest BCUT2D eigenvalue weighted by molar-refractivity contribution is 5.15. The van der Waals surface area contributed by atoms with Crippen molar-refractivity contribution in [1.82, 2.24) is 0 Å². The molecule has 0 heterocycles. The molecule has 0 aromatic rings. The average molecular weight is 142 g/mol. The van der Waals surface area contributed by atoms with Gasteiger partial charge in [0.2, 0.25) is 0 Å². The van der Waals surface area contributed by atoms with Crippen LogP contribution >= 0.6 is 0 Å². The maximum Gasteiger partial charge on any atom is 0.121 e. The summed E-state index contributed by atoms with van der Waals surface area (Å²) >= 11 is 0. The van der Waals surface area contributed by atoms with Crippen molar-refractivity contribution in [3.05, 3.63) is 23.6 Å². The molecule has 0 radical (unpaired) electrons. The molecule has 1 heteroatoms. The Morgan fingerprint density at radius 2 is 2.00 bits per heavy atom. The second kappa shape index (κ2) is 5.21. The van der Waals surface area contributed by atoms with Gasteiger partial charge in [-0.1, -0.05) is 19.4 Å². The van der Waals surface area contributed by atoms with Gasteiger partial charge in [0.15, 0.2) is 0 Å². The maximum absolute atomic E-state index is 12.6. The number of rotatable bonds is 3.